The van der Waals surface area contributed by atoms with E-state index in [4.69, 9.17) is 36.5 Å². The van der Waals surface area contributed by atoms with E-state index in [0.29, 0.717) is 73.7 Å². The quantitative estimate of drug-likeness (QED) is 0.0831. The summed E-state index contributed by atoms with van der Waals surface area (Å²) in [6, 6.07) is 10.3. The van der Waals surface area contributed by atoms with Gasteiger partial charge in [0, 0.05) is 78.2 Å². The summed E-state index contributed by atoms with van der Waals surface area (Å²) < 4.78 is 55.4. The molecule has 10 atom stereocenters. The summed E-state index contributed by atoms with van der Waals surface area (Å²) in [7, 11) is -0.472. The third-order valence-corrected chi connectivity index (χ3v) is 15.4. The van der Waals surface area contributed by atoms with Gasteiger partial charge in [-0.3, -0.25) is 28.4 Å². The lowest BCUT2D eigenvalue weighted by atomic mass is 9.47. The van der Waals surface area contributed by atoms with Gasteiger partial charge in [0.1, 0.15) is 11.2 Å². The number of para-hydroxylation sites is 1. The Bertz CT molecular complexity index is 2500. The number of fused-ring (bicyclic) bond motifs is 6. The van der Waals surface area contributed by atoms with Gasteiger partial charge in [0.2, 0.25) is 12.0 Å². The van der Waals surface area contributed by atoms with Crippen LogP contribution in [0.2, 0.25) is 0 Å². The van der Waals surface area contributed by atoms with Gasteiger partial charge < -0.3 is 38.8 Å². The fourth-order valence-corrected chi connectivity index (χ4v) is 13.3. The predicted octanol–water partition coefficient (Wildman–Crippen LogP) is 3.75. The first-order chi connectivity index (χ1) is 30.4. The van der Waals surface area contributed by atoms with Crippen molar-refractivity contribution in [3.05, 3.63) is 70.9 Å². The van der Waals surface area contributed by atoms with Crippen LogP contribution in [0.15, 0.2) is 48.6 Å². The molecular formula is C46H58N4O13S. The molecule has 6 aliphatic rings. The molecule has 2 saturated heterocycles. The van der Waals surface area contributed by atoms with Gasteiger partial charge in [-0.25, -0.2) is 4.79 Å². The van der Waals surface area contributed by atoms with Crippen LogP contribution < -0.4 is 9.64 Å². The number of amides is 1. The molecule has 1 aromatic heterocycles. The maximum absolute atomic E-state index is 15.3. The minimum Gasteiger partial charge on any atom is -0.496 e. The fraction of sp³-hybridized carbons (Fsp3) is 0.565. The highest BCUT2D eigenvalue weighted by atomic mass is 32.3. The van der Waals surface area contributed by atoms with E-state index in [9.17, 15) is 19.5 Å². The lowest BCUT2D eigenvalue weighted by Crippen LogP contribution is -2.81. The van der Waals surface area contributed by atoms with E-state index in [-0.39, 0.29) is 5.92 Å². The molecule has 64 heavy (non-hydrogen) atoms. The smallest absolute Gasteiger partial charge is 0.394 e. The van der Waals surface area contributed by atoms with Gasteiger partial charge in [-0.1, -0.05) is 50.6 Å². The van der Waals surface area contributed by atoms with Crippen molar-refractivity contribution in [3.8, 4) is 5.75 Å². The van der Waals surface area contributed by atoms with E-state index in [2.05, 4.69) is 27.8 Å². The molecule has 1 spiro atoms. The molecule has 18 heteroatoms. The second-order valence-electron chi connectivity index (χ2n) is 18.3. The van der Waals surface area contributed by atoms with Crippen molar-refractivity contribution < 1.29 is 60.8 Å². The Morgan fingerprint density at radius 1 is 0.984 bits per heavy atom. The van der Waals surface area contributed by atoms with Crippen molar-refractivity contribution in [2.45, 2.75) is 93.9 Å². The van der Waals surface area contributed by atoms with Crippen LogP contribution in [-0.4, -0.2) is 140 Å². The molecule has 3 aromatic rings. The van der Waals surface area contributed by atoms with Crippen molar-refractivity contribution in [1.29, 1.82) is 0 Å². The van der Waals surface area contributed by atoms with Crippen LogP contribution >= 0.6 is 0 Å². The molecule has 0 radical (unpaired) electrons. The highest BCUT2D eigenvalue weighted by Gasteiger charge is 2.81. The van der Waals surface area contributed by atoms with Crippen LogP contribution in [0.4, 0.5) is 5.69 Å². The second kappa shape index (κ2) is 16.5. The molecule has 2 bridgehead atoms. The van der Waals surface area contributed by atoms with Crippen molar-refractivity contribution in [3.63, 3.8) is 0 Å². The Labute approximate surface area is 372 Å². The van der Waals surface area contributed by atoms with Gasteiger partial charge in [0.25, 0.3) is 0 Å². The minimum atomic E-state index is -4.67. The molecule has 346 valence electrons. The predicted molar refractivity (Wildman–Crippen MR) is 233 cm³/mol. The number of anilines is 1. The van der Waals surface area contributed by atoms with Crippen molar-refractivity contribution in [2.75, 3.05) is 59.0 Å². The van der Waals surface area contributed by atoms with Crippen LogP contribution in [0, 0.1) is 17.3 Å². The van der Waals surface area contributed by atoms with E-state index in [0.717, 1.165) is 54.6 Å². The van der Waals surface area contributed by atoms with Crippen LogP contribution in [0.3, 0.4) is 0 Å². The minimum absolute atomic E-state index is 0.127. The van der Waals surface area contributed by atoms with Crippen molar-refractivity contribution in [2.24, 2.45) is 17.3 Å². The van der Waals surface area contributed by atoms with Crippen molar-refractivity contribution in [1.82, 2.24) is 14.8 Å². The number of ether oxygens (including phenoxy) is 4. The average molecular weight is 907 g/mol. The Kier molecular flexibility index (Phi) is 11.8. The molecule has 0 unspecified atom stereocenters. The summed E-state index contributed by atoms with van der Waals surface area (Å²) in [5.41, 5.74) is -1.54. The molecular weight excluding hydrogens is 849 g/mol. The molecule has 6 heterocycles. The number of hydrogen-bond acceptors (Lipinski definition) is 13. The molecule has 1 saturated carbocycles. The first-order valence-corrected chi connectivity index (χ1v) is 23.3. The Morgan fingerprint density at radius 3 is 2.34 bits per heavy atom. The zero-order valence-electron chi connectivity index (χ0n) is 37.0. The topological polar surface area (TPSA) is 226 Å². The number of nitrogens with one attached hydrogen (secondary N) is 1. The molecule has 4 N–H and O–H groups in total. The maximum Gasteiger partial charge on any atom is 0.394 e. The summed E-state index contributed by atoms with van der Waals surface area (Å²) in [5, 5.41) is 14.3. The molecule has 1 aliphatic carbocycles. The molecule has 3 fully saturated rings. The molecule has 17 nitrogen and oxygen atoms in total. The van der Waals surface area contributed by atoms with Crippen LogP contribution in [0.25, 0.3) is 10.9 Å². The number of H-pyrrole nitrogens is 1. The number of aliphatic hydroxyl groups is 1. The maximum atomic E-state index is 15.3. The van der Waals surface area contributed by atoms with Crippen LogP contribution in [0.5, 0.6) is 5.75 Å². The van der Waals surface area contributed by atoms with Gasteiger partial charge >= 0.3 is 28.3 Å². The standard InChI is InChI=1S/C46H56N4O9.H2O4S/c1-7-28-20-29-23-45(41(53)57-5,37-31(14-18-48(24-28)25-29)30-12-9-10-13-34(30)47-37)33-21-32-35(22-36(33)56-4)50(26-51)39-44(32)16-19-49-17-11-15-43(8-2,38(44)49)40(59-27(3)52)46(39,55)42(54)58-6;1-5(2,3)4/h9-13,15,21-22,26,28-29,38-40,47,55H,7-8,14,16-20,23-25H2,1-6H3;(H2,1,2,3,4)/t28-,29-,38+,39-,40-,43-,44-,45+,46+;/m1./s1. The summed E-state index contributed by atoms with van der Waals surface area (Å²) in [6.45, 7) is 9.32. The SMILES string of the molecule is CC[C@@H]1C[C@H]2C[N@](CCc3c([nH]c4ccccc34)[C@@](C(=O)OC)(c3cc4c(cc3OC)N(C=O)[C@H]3[C@@](O)(C(=O)OC)[C@H](OC(C)=O)[C@]5(CC)C=CCN6CC[C@]43[C@@H]65)C2)C1.O=S(=O)(O)O. The van der Waals surface area contributed by atoms with E-state index in [1.807, 2.05) is 43.3 Å². The average Bonchev–Trinajstić information content (AvgIpc) is 3.95. The molecule has 5 aliphatic heterocycles. The summed E-state index contributed by atoms with van der Waals surface area (Å²) in [5.74, 6) is -1.12. The number of aromatic nitrogens is 1. The van der Waals surface area contributed by atoms with Gasteiger partial charge in [-0.15, -0.1) is 0 Å². The zero-order chi connectivity index (χ0) is 46.1. The lowest BCUT2D eigenvalue weighted by Gasteiger charge is -2.63. The lowest BCUT2D eigenvalue weighted by molar-refractivity contribution is -0.228. The summed E-state index contributed by atoms with van der Waals surface area (Å²) >= 11 is 0. The first-order valence-electron chi connectivity index (χ1n) is 21.9. The number of esters is 3. The highest BCUT2D eigenvalue weighted by Crippen LogP contribution is 2.68. The Hall–Kier alpha value is -4.85. The van der Waals surface area contributed by atoms with Gasteiger partial charge in [-0.05, 0) is 73.7 Å². The summed E-state index contributed by atoms with van der Waals surface area (Å²) in [6.07, 6.45) is 7.25. The van der Waals surface area contributed by atoms with Crippen LogP contribution in [-0.2, 0) is 61.0 Å². The first kappa shape index (κ1) is 45.7. The third-order valence-electron chi connectivity index (χ3n) is 15.4. The Morgan fingerprint density at radius 2 is 1.70 bits per heavy atom. The fourth-order valence-electron chi connectivity index (χ4n) is 13.3. The van der Waals surface area contributed by atoms with Crippen molar-refractivity contribution >= 4 is 51.3 Å². The number of carbonyl (C=O) groups excluding carboxylic acids is 4. The number of hydrogen-bond donors (Lipinski definition) is 4. The largest absolute Gasteiger partial charge is 0.496 e. The molecule has 1 amide bonds. The van der Waals surface area contributed by atoms with Gasteiger partial charge in [-0.2, -0.15) is 8.42 Å². The van der Waals surface area contributed by atoms with Gasteiger partial charge in [0.05, 0.1) is 33.1 Å². The van der Waals surface area contributed by atoms with Gasteiger partial charge in [0.15, 0.2) is 6.10 Å². The molecule has 9 rings (SSSR count). The van der Waals surface area contributed by atoms with E-state index >= 15 is 4.79 Å². The zero-order valence-corrected chi connectivity index (χ0v) is 37.9. The number of aromatic amines is 1. The normalized spacial score (nSPS) is 33.7. The van der Waals surface area contributed by atoms with E-state index < -0.39 is 68.3 Å². The number of rotatable bonds is 8. The Balaban J connectivity index is 0.00000106. The van der Waals surface area contributed by atoms with E-state index in [1.165, 1.54) is 26.0 Å². The second-order valence-corrected chi connectivity index (χ2v) is 19.2. The number of piperidine rings is 1. The molecule has 2 aromatic carbocycles. The number of methoxy groups -OCH3 is 3. The highest BCUT2D eigenvalue weighted by molar-refractivity contribution is 7.79. The number of nitrogens with zero attached hydrogens (tertiary/aromatic N) is 3. The third kappa shape index (κ3) is 6.69. The summed E-state index contributed by atoms with van der Waals surface area (Å²) in [4.78, 5) is 66.5. The monoisotopic (exact) mass is 906 g/mol. The number of carbonyl (C=O) groups is 4. The van der Waals surface area contributed by atoms with E-state index in [1.54, 1.807) is 13.2 Å². The van der Waals surface area contributed by atoms with Crippen LogP contribution in [0.1, 0.15) is 75.3 Å². The number of benzene rings is 2.